The van der Waals surface area contributed by atoms with Crippen LogP contribution in [0.4, 0.5) is 0 Å². The lowest BCUT2D eigenvalue weighted by molar-refractivity contribution is 0.0925. The van der Waals surface area contributed by atoms with Crippen LogP contribution in [0.1, 0.15) is 26.6 Å². The molecular formula is C13H14N2O3S. The molecule has 0 aromatic carbocycles. The molecule has 0 aliphatic carbocycles. The Morgan fingerprint density at radius 2 is 1.89 bits per heavy atom. The minimum Gasteiger partial charge on any atom is -0.459 e. The Labute approximate surface area is 114 Å². The Kier molecular flexibility index (Phi) is 4.74. The summed E-state index contributed by atoms with van der Waals surface area (Å²) < 4.78 is 4.96. The minimum absolute atomic E-state index is 0.0765. The van der Waals surface area contributed by atoms with E-state index in [4.69, 9.17) is 4.42 Å². The van der Waals surface area contributed by atoms with Crippen molar-refractivity contribution in [2.24, 2.45) is 0 Å². The van der Waals surface area contributed by atoms with Crippen molar-refractivity contribution >= 4 is 23.2 Å². The van der Waals surface area contributed by atoms with Gasteiger partial charge in [-0.15, -0.1) is 11.3 Å². The molecule has 0 radical (unpaired) electrons. The van der Waals surface area contributed by atoms with Gasteiger partial charge >= 0.3 is 0 Å². The van der Waals surface area contributed by atoms with Crippen LogP contribution in [0.2, 0.25) is 0 Å². The molecule has 2 aromatic heterocycles. The van der Waals surface area contributed by atoms with Gasteiger partial charge in [-0.3, -0.25) is 9.59 Å². The number of carbonyl (C=O) groups excluding carboxylic acids is 2. The van der Waals surface area contributed by atoms with Gasteiger partial charge in [0.1, 0.15) is 0 Å². The second kappa shape index (κ2) is 6.75. The molecule has 2 rings (SSSR count). The molecule has 19 heavy (non-hydrogen) atoms. The van der Waals surface area contributed by atoms with Crippen LogP contribution < -0.4 is 10.6 Å². The van der Waals surface area contributed by atoms with Crippen molar-refractivity contribution in [3.63, 3.8) is 0 Å². The summed E-state index contributed by atoms with van der Waals surface area (Å²) in [6.45, 7) is 1.01. The molecular weight excluding hydrogens is 264 g/mol. The van der Waals surface area contributed by atoms with Crippen molar-refractivity contribution < 1.29 is 14.0 Å². The van der Waals surface area contributed by atoms with E-state index in [1.165, 1.54) is 17.6 Å². The van der Waals surface area contributed by atoms with Gasteiger partial charge < -0.3 is 15.1 Å². The normalized spacial score (nSPS) is 10.1. The van der Waals surface area contributed by atoms with Gasteiger partial charge in [-0.2, -0.15) is 0 Å². The van der Waals surface area contributed by atoms with Crippen molar-refractivity contribution in [1.82, 2.24) is 10.6 Å². The zero-order chi connectivity index (χ0) is 13.5. The molecule has 0 spiro atoms. The molecule has 2 N–H and O–H groups in total. The maximum absolute atomic E-state index is 11.6. The molecule has 0 fully saturated rings. The van der Waals surface area contributed by atoms with Crippen LogP contribution in [0.25, 0.3) is 0 Å². The van der Waals surface area contributed by atoms with E-state index in [2.05, 4.69) is 10.6 Å². The van der Waals surface area contributed by atoms with Crippen LogP contribution in [0.15, 0.2) is 40.3 Å². The quantitative estimate of drug-likeness (QED) is 0.793. The first-order valence-corrected chi connectivity index (χ1v) is 6.79. The maximum atomic E-state index is 11.6. The van der Waals surface area contributed by atoms with E-state index in [1.54, 1.807) is 18.2 Å². The Bertz CT molecular complexity index is 472. The van der Waals surface area contributed by atoms with E-state index < -0.39 is 0 Å². The highest BCUT2D eigenvalue weighted by Crippen LogP contribution is 2.07. The second-order valence-corrected chi connectivity index (χ2v) is 4.77. The highest BCUT2D eigenvalue weighted by Gasteiger charge is 2.07. The van der Waals surface area contributed by atoms with Crippen molar-refractivity contribution in [2.45, 2.75) is 6.42 Å². The molecule has 0 atom stereocenters. The summed E-state index contributed by atoms with van der Waals surface area (Å²) in [5.41, 5.74) is 0. The highest BCUT2D eigenvalue weighted by atomic mass is 32.1. The summed E-state index contributed by atoms with van der Waals surface area (Å²) in [7, 11) is 0. The zero-order valence-electron chi connectivity index (χ0n) is 10.2. The SMILES string of the molecule is O=C(NCCCNC(=O)c1cccs1)c1ccco1. The van der Waals surface area contributed by atoms with Crippen molar-refractivity contribution in [3.8, 4) is 0 Å². The van der Waals surface area contributed by atoms with Gasteiger partial charge in [0.15, 0.2) is 5.76 Å². The van der Waals surface area contributed by atoms with E-state index >= 15 is 0 Å². The number of thiophene rings is 1. The summed E-state index contributed by atoms with van der Waals surface area (Å²) in [4.78, 5) is 23.8. The molecule has 2 heterocycles. The average molecular weight is 278 g/mol. The van der Waals surface area contributed by atoms with E-state index in [-0.39, 0.29) is 11.8 Å². The summed E-state index contributed by atoms with van der Waals surface area (Å²) >= 11 is 1.40. The lowest BCUT2D eigenvalue weighted by Gasteiger charge is -2.04. The average Bonchev–Trinajstić information content (AvgIpc) is 3.10. The highest BCUT2D eigenvalue weighted by molar-refractivity contribution is 7.12. The van der Waals surface area contributed by atoms with Crippen LogP contribution in [0.5, 0.6) is 0 Å². The van der Waals surface area contributed by atoms with E-state index in [0.717, 1.165) is 0 Å². The standard InChI is InChI=1S/C13H14N2O3S/c16-12(10-4-1-8-18-10)14-6-3-7-15-13(17)11-5-2-9-19-11/h1-2,4-5,8-9H,3,6-7H2,(H,14,16)(H,15,17). The van der Waals surface area contributed by atoms with Crippen LogP contribution in [0.3, 0.4) is 0 Å². The second-order valence-electron chi connectivity index (χ2n) is 3.82. The number of nitrogens with one attached hydrogen (secondary N) is 2. The van der Waals surface area contributed by atoms with Crippen molar-refractivity contribution in [3.05, 3.63) is 46.5 Å². The van der Waals surface area contributed by atoms with Gasteiger partial charge in [-0.05, 0) is 30.0 Å². The summed E-state index contributed by atoms with van der Waals surface area (Å²) in [6.07, 6.45) is 2.12. The third-order valence-electron chi connectivity index (χ3n) is 2.41. The molecule has 0 unspecified atom stereocenters. The van der Waals surface area contributed by atoms with Gasteiger partial charge in [0, 0.05) is 13.1 Å². The molecule has 100 valence electrons. The third kappa shape index (κ3) is 3.96. The topological polar surface area (TPSA) is 71.3 Å². The van der Waals surface area contributed by atoms with Gasteiger partial charge in [0.25, 0.3) is 11.8 Å². The van der Waals surface area contributed by atoms with Crippen LogP contribution >= 0.6 is 11.3 Å². The van der Waals surface area contributed by atoms with Gasteiger partial charge in [0.2, 0.25) is 0 Å². The number of hydrogen-bond donors (Lipinski definition) is 2. The third-order valence-corrected chi connectivity index (χ3v) is 3.28. The van der Waals surface area contributed by atoms with Crippen molar-refractivity contribution in [2.75, 3.05) is 13.1 Å². The molecule has 2 amide bonds. The van der Waals surface area contributed by atoms with Gasteiger partial charge in [-0.25, -0.2) is 0 Å². The smallest absolute Gasteiger partial charge is 0.286 e. The molecule has 0 aliphatic rings. The Hall–Kier alpha value is -2.08. The summed E-state index contributed by atoms with van der Waals surface area (Å²) in [5, 5.41) is 7.36. The van der Waals surface area contributed by atoms with Gasteiger partial charge in [0.05, 0.1) is 11.1 Å². The molecule has 5 nitrogen and oxygen atoms in total. The van der Waals surface area contributed by atoms with E-state index in [1.807, 2.05) is 11.4 Å². The first kappa shape index (κ1) is 13.4. The van der Waals surface area contributed by atoms with Crippen LogP contribution in [0, 0.1) is 0 Å². The first-order chi connectivity index (χ1) is 9.27. The van der Waals surface area contributed by atoms with Gasteiger partial charge in [-0.1, -0.05) is 6.07 Å². The molecule has 0 saturated heterocycles. The lowest BCUT2D eigenvalue weighted by Crippen LogP contribution is -2.29. The number of rotatable bonds is 6. The fourth-order valence-electron chi connectivity index (χ4n) is 1.48. The number of furan rings is 1. The molecule has 2 aromatic rings. The zero-order valence-corrected chi connectivity index (χ0v) is 11.0. The Morgan fingerprint density at radius 1 is 1.11 bits per heavy atom. The largest absolute Gasteiger partial charge is 0.459 e. The molecule has 0 aliphatic heterocycles. The predicted molar refractivity (Wildman–Crippen MR) is 72.3 cm³/mol. The lowest BCUT2D eigenvalue weighted by atomic mass is 10.3. The monoisotopic (exact) mass is 278 g/mol. The van der Waals surface area contributed by atoms with Crippen molar-refractivity contribution in [1.29, 1.82) is 0 Å². The van der Waals surface area contributed by atoms with E-state index in [0.29, 0.717) is 30.1 Å². The number of hydrogen-bond acceptors (Lipinski definition) is 4. The Balaban J connectivity index is 1.60. The molecule has 0 bridgehead atoms. The predicted octanol–water partition coefficient (Wildman–Crippen LogP) is 1.89. The van der Waals surface area contributed by atoms with Crippen LogP contribution in [-0.4, -0.2) is 24.9 Å². The summed E-state index contributed by atoms with van der Waals surface area (Å²) in [5.74, 6) is -0.0236. The maximum Gasteiger partial charge on any atom is 0.286 e. The number of amides is 2. The van der Waals surface area contributed by atoms with Crippen LogP contribution in [-0.2, 0) is 0 Å². The fourth-order valence-corrected chi connectivity index (χ4v) is 2.12. The minimum atomic E-state index is -0.241. The first-order valence-electron chi connectivity index (χ1n) is 5.91. The molecule has 0 saturated carbocycles. The van der Waals surface area contributed by atoms with E-state index in [9.17, 15) is 9.59 Å². The Morgan fingerprint density at radius 3 is 2.53 bits per heavy atom. The number of carbonyl (C=O) groups is 2. The molecule has 6 heteroatoms. The summed E-state index contributed by atoms with van der Waals surface area (Å²) in [6, 6.07) is 6.88. The fraction of sp³-hybridized carbons (Fsp3) is 0.231.